The fraction of sp³-hybridized carbons (Fsp3) is 0.462. The Morgan fingerprint density at radius 3 is 2.78 bits per heavy atom. The van der Waals surface area contributed by atoms with E-state index in [0.29, 0.717) is 0 Å². The normalized spacial score (nSPS) is 11.1. The molecule has 5 heteroatoms. The van der Waals surface area contributed by atoms with Gasteiger partial charge in [-0.1, -0.05) is 11.6 Å². The summed E-state index contributed by atoms with van der Waals surface area (Å²) >= 11 is 7.57. The summed E-state index contributed by atoms with van der Waals surface area (Å²) in [6.07, 6.45) is 1.03. The molecule has 0 bridgehead atoms. The van der Waals surface area contributed by atoms with Gasteiger partial charge in [0, 0.05) is 10.6 Å². The molecule has 0 aliphatic heterocycles. The van der Waals surface area contributed by atoms with Crippen LogP contribution in [0, 0.1) is 13.8 Å². The molecular weight excluding hydrogens is 266 g/mol. The van der Waals surface area contributed by atoms with Crippen LogP contribution in [0.25, 0.3) is 0 Å². The average Bonchev–Trinajstić information content (AvgIpc) is 2.84. The predicted molar refractivity (Wildman–Crippen MR) is 77.8 cm³/mol. The van der Waals surface area contributed by atoms with Crippen LogP contribution < -0.4 is 5.32 Å². The minimum Gasteiger partial charge on any atom is -0.319 e. The summed E-state index contributed by atoms with van der Waals surface area (Å²) in [5, 5.41) is 7.80. The van der Waals surface area contributed by atoms with Crippen LogP contribution in [0.1, 0.15) is 21.8 Å². The smallest absolute Gasteiger partial charge is 0.0931 e. The lowest BCUT2D eigenvalue weighted by Gasteiger charge is -2.04. The van der Waals surface area contributed by atoms with Gasteiger partial charge in [0.2, 0.25) is 0 Å². The molecule has 0 fully saturated rings. The molecule has 0 aromatic carbocycles. The minimum atomic E-state index is 0.809. The van der Waals surface area contributed by atoms with Crippen molar-refractivity contribution < 1.29 is 0 Å². The highest BCUT2D eigenvalue weighted by Gasteiger charge is 2.11. The third-order valence-electron chi connectivity index (χ3n) is 3.09. The molecule has 2 rings (SSSR count). The van der Waals surface area contributed by atoms with Crippen molar-refractivity contribution >= 4 is 22.9 Å². The lowest BCUT2D eigenvalue weighted by molar-refractivity contribution is 0.664. The van der Waals surface area contributed by atoms with Crippen LogP contribution in [0.15, 0.2) is 12.1 Å². The Kier molecular flexibility index (Phi) is 4.43. The Hall–Kier alpha value is -0.840. The molecule has 2 heterocycles. The van der Waals surface area contributed by atoms with Gasteiger partial charge in [-0.15, -0.1) is 11.3 Å². The van der Waals surface area contributed by atoms with E-state index >= 15 is 0 Å². The summed E-state index contributed by atoms with van der Waals surface area (Å²) in [6, 6.07) is 4.01. The number of thiophene rings is 1. The van der Waals surface area contributed by atoms with Gasteiger partial charge in [0.15, 0.2) is 0 Å². The minimum absolute atomic E-state index is 0.809. The van der Waals surface area contributed by atoms with Gasteiger partial charge in [0.05, 0.1) is 16.6 Å². The highest BCUT2D eigenvalue weighted by molar-refractivity contribution is 7.16. The maximum atomic E-state index is 5.95. The number of likely N-dealkylation sites (N-methyl/N-ethyl adjacent to an activating group) is 1. The Morgan fingerprint density at radius 1 is 1.39 bits per heavy atom. The van der Waals surface area contributed by atoms with E-state index in [1.165, 1.54) is 16.1 Å². The number of hydrogen-bond acceptors (Lipinski definition) is 3. The molecule has 0 amide bonds. The number of aryl methyl sites for hydroxylation is 1. The second-order valence-electron chi connectivity index (χ2n) is 4.37. The number of rotatable bonds is 5. The number of halogens is 1. The van der Waals surface area contributed by atoms with Crippen LogP contribution in [-0.2, 0) is 13.0 Å². The molecule has 0 radical (unpaired) electrons. The molecule has 2 aromatic heterocycles. The first-order valence-electron chi connectivity index (χ1n) is 6.03. The van der Waals surface area contributed by atoms with E-state index in [0.717, 1.165) is 29.5 Å². The first-order valence-corrected chi connectivity index (χ1v) is 7.23. The maximum absolute atomic E-state index is 5.95. The van der Waals surface area contributed by atoms with Gasteiger partial charge < -0.3 is 5.32 Å². The molecule has 2 aromatic rings. The van der Waals surface area contributed by atoms with Gasteiger partial charge in [-0.05, 0) is 51.6 Å². The predicted octanol–water partition coefficient (Wildman–Crippen LogP) is 3.03. The summed E-state index contributed by atoms with van der Waals surface area (Å²) in [4.78, 5) is 1.24. The topological polar surface area (TPSA) is 29.9 Å². The number of nitrogens with one attached hydrogen (secondary N) is 1. The first kappa shape index (κ1) is 13.6. The van der Waals surface area contributed by atoms with E-state index in [9.17, 15) is 0 Å². The van der Waals surface area contributed by atoms with Crippen LogP contribution in [0.4, 0.5) is 0 Å². The standard InChI is InChI=1S/C13H18ClN3S/c1-9-12(6-7-15-3)10(2)17(16-9)8-11-4-5-13(14)18-11/h4-5,15H,6-8H2,1-3H3. The molecule has 0 aliphatic carbocycles. The van der Waals surface area contributed by atoms with Crippen molar-refractivity contribution in [2.75, 3.05) is 13.6 Å². The number of nitrogens with zero attached hydrogens (tertiary/aromatic N) is 2. The SMILES string of the molecule is CNCCc1c(C)nn(Cc2ccc(Cl)s2)c1C. The van der Waals surface area contributed by atoms with E-state index < -0.39 is 0 Å². The largest absolute Gasteiger partial charge is 0.319 e. The Morgan fingerprint density at radius 2 is 2.17 bits per heavy atom. The van der Waals surface area contributed by atoms with Gasteiger partial charge in [0.25, 0.3) is 0 Å². The summed E-state index contributed by atoms with van der Waals surface area (Å²) in [5.41, 5.74) is 3.74. The number of aromatic nitrogens is 2. The van der Waals surface area contributed by atoms with Crippen molar-refractivity contribution in [1.29, 1.82) is 0 Å². The lowest BCUT2D eigenvalue weighted by atomic mass is 10.1. The Bertz CT molecular complexity index is 530. The maximum Gasteiger partial charge on any atom is 0.0931 e. The molecule has 0 unspecified atom stereocenters. The van der Waals surface area contributed by atoms with Crippen LogP contribution in [0.5, 0.6) is 0 Å². The first-order chi connectivity index (χ1) is 8.61. The van der Waals surface area contributed by atoms with Crippen LogP contribution in [0.3, 0.4) is 0 Å². The Balaban J connectivity index is 2.18. The second kappa shape index (κ2) is 5.87. The van der Waals surface area contributed by atoms with Crippen LogP contribution >= 0.6 is 22.9 Å². The molecule has 18 heavy (non-hydrogen) atoms. The molecule has 0 atom stereocenters. The van der Waals surface area contributed by atoms with Crippen molar-refractivity contribution in [1.82, 2.24) is 15.1 Å². The van der Waals surface area contributed by atoms with Crippen LogP contribution in [0.2, 0.25) is 4.34 Å². The van der Waals surface area contributed by atoms with Gasteiger partial charge in [-0.2, -0.15) is 5.10 Å². The highest BCUT2D eigenvalue weighted by Crippen LogP contribution is 2.23. The number of hydrogen-bond donors (Lipinski definition) is 1. The third-order valence-corrected chi connectivity index (χ3v) is 4.31. The molecule has 0 spiro atoms. The molecule has 0 saturated carbocycles. The lowest BCUT2D eigenvalue weighted by Crippen LogP contribution is -2.11. The fourth-order valence-electron chi connectivity index (χ4n) is 2.08. The van der Waals surface area contributed by atoms with Crippen molar-refractivity contribution in [3.05, 3.63) is 38.3 Å². The van der Waals surface area contributed by atoms with Gasteiger partial charge >= 0.3 is 0 Å². The zero-order valence-corrected chi connectivity index (χ0v) is 12.5. The molecule has 0 aliphatic rings. The molecule has 0 saturated heterocycles. The van der Waals surface area contributed by atoms with Crippen molar-refractivity contribution in [3.63, 3.8) is 0 Å². The highest BCUT2D eigenvalue weighted by atomic mass is 35.5. The van der Waals surface area contributed by atoms with Gasteiger partial charge in [0.1, 0.15) is 0 Å². The van der Waals surface area contributed by atoms with Crippen molar-refractivity contribution in [2.24, 2.45) is 0 Å². The quantitative estimate of drug-likeness (QED) is 0.914. The Labute approximate surface area is 117 Å². The summed E-state index contributed by atoms with van der Waals surface area (Å²) in [6.45, 7) is 6.01. The second-order valence-corrected chi connectivity index (χ2v) is 6.17. The zero-order chi connectivity index (χ0) is 13.1. The summed E-state index contributed by atoms with van der Waals surface area (Å²) < 4.78 is 2.91. The average molecular weight is 284 g/mol. The van der Waals surface area contributed by atoms with Crippen molar-refractivity contribution in [2.45, 2.75) is 26.8 Å². The van der Waals surface area contributed by atoms with Crippen molar-refractivity contribution in [3.8, 4) is 0 Å². The fourth-order valence-corrected chi connectivity index (χ4v) is 3.15. The van der Waals surface area contributed by atoms with E-state index in [1.807, 2.05) is 13.1 Å². The molecular formula is C13H18ClN3S. The van der Waals surface area contributed by atoms with E-state index in [1.54, 1.807) is 11.3 Å². The molecule has 98 valence electrons. The monoisotopic (exact) mass is 283 g/mol. The van der Waals surface area contributed by atoms with Gasteiger partial charge in [-0.3, -0.25) is 4.68 Å². The zero-order valence-electron chi connectivity index (χ0n) is 11.0. The molecule has 3 nitrogen and oxygen atoms in total. The van der Waals surface area contributed by atoms with E-state index in [2.05, 4.69) is 35.0 Å². The van der Waals surface area contributed by atoms with E-state index in [4.69, 9.17) is 11.6 Å². The molecule has 1 N–H and O–H groups in total. The summed E-state index contributed by atoms with van der Waals surface area (Å²) in [5.74, 6) is 0. The summed E-state index contributed by atoms with van der Waals surface area (Å²) in [7, 11) is 1.97. The van der Waals surface area contributed by atoms with E-state index in [-0.39, 0.29) is 0 Å². The third kappa shape index (κ3) is 2.94. The van der Waals surface area contributed by atoms with Gasteiger partial charge in [-0.25, -0.2) is 0 Å². The van der Waals surface area contributed by atoms with Crippen LogP contribution in [-0.4, -0.2) is 23.4 Å².